The summed E-state index contributed by atoms with van der Waals surface area (Å²) in [6, 6.07) is 0. The Hall–Kier alpha value is -1.35. The number of allylic oxidation sites excluding steroid dienone is 4. The van der Waals surface area contributed by atoms with Crippen LogP contribution in [0, 0.1) is 0 Å². The van der Waals surface area contributed by atoms with E-state index in [0.29, 0.717) is 0 Å². The minimum absolute atomic E-state index is 0.132. The highest BCUT2D eigenvalue weighted by Gasteiger charge is 1.83. The Balaban J connectivity index is 0. The van der Waals surface area contributed by atoms with Crippen LogP contribution in [0.15, 0.2) is 36.0 Å². The zero-order valence-corrected chi connectivity index (χ0v) is 9.66. The first-order chi connectivity index (χ1) is 6.90. The van der Waals surface area contributed by atoms with Crippen molar-refractivity contribution in [1.29, 1.82) is 0 Å². The predicted molar refractivity (Wildman–Crippen MR) is 62.7 cm³/mol. The van der Waals surface area contributed by atoms with Gasteiger partial charge in [0.25, 0.3) is 5.97 Å². The lowest BCUT2D eigenvalue weighted by Gasteiger charge is -1.92. The minimum Gasteiger partial charge on any atom is -0.481 e. The summed E-state index contributed by atoms with van der Waals surface area (Å²) < 4.78 is 0. The van der Waals surface area contributed by atoms with Crippen LogP contribution in [0.2, 0.25) is 0 Å². The molecule has 0 aromatic heterocycles. The van der Waals surface area contributed by atoms with Gasteiger partial charge in [0.05, 0.1) is 6.61 Å². The lowest BCUT2D eigenvalue weighted by molar-refractivity contribution is -0.134. The zero-order chi connectivity index (χ0) is 12.3. The molecule has 0 aliphatic rings. The van der Waals surface area contributed by atoms with Gasteiger partial charge >= 0.3 is 0 Å². The van der Waals surface area contributed by atoms with Gasteiger partial charge in [-0.15, -0.1) is 0 Å². The highest BCUT2D eigenvalue weighted by Crippen LogP contribution is 2.01. The van der Waals surface area contributed by atoms with Crippen LogP contribution in [-0.4, -0.2) is 22.8 Å². The molecular weight excluding hydrogens is 192 g/mol. The molecule has 86 valence electrons. The maximum absolute atomic E-state index is 9.00. The number of carboxylic acids is 1. The zero-order valence-electron chi connectivity index (χ0n) is 9.66. The van der Waals surface area contributed by atoms with E-state index < -0.39 is 5.97 Å². The van der Waals surface area contributed by atoms with Crippen molar-refractivity contribution in [3.63, 3.8) is 0 Å². The lowest BCUT2D eigenvalue weighted by atomic mass is 10.2. The van der Waals surface area contributed by atoms with Crippen LogP contribution < -0.4 is 0 Å². The van der Waals surface area contributed by atoms with E-state index in [0.717, 1.165) is 18.9 Å². The summed E-state index contributed by atoms with van der Waals surface area (Å²) in [5.41, 5.74) is 2.24. The minimum atomic E-state index is -0.833. The molecule has 0 aromatic rings. The number of aliphatic carboxylic acids is 1. The van der Waals surface area contributed by atoms with Crippen molar-refractivity contribution in [1.82, 2.24) is 0 Å². The van der Waals surface area contributed by atoms with Gasteiger partial charge in [0, 0.05) is 6.92 Å². The molecule has 0 saturated carbocycles. The van der Waals surface area contributed by atoms with Crippen LogP contribution in [0.25, 0.3) is 0 Å². The fourth-order valence-corrected chi connectivity index (χ4v) is 0.685. The highest BCUT2D eigenvalue weighted by atomic mass is 16.4. The van der Waals surface area contributed by atoms with Crippen molar-refractivity contribution >= 4 is 5.97 Å². The molecule has 0 fully saturated rings. The fourth-order valence-electron chi connectivity index (χ4n) is 0.685. The third-order valence-corrected chi connectivity index (χ3v) is 1.28. The normalized spacial score (nSPS) is 10.8. The van der Waals surface area contributed by atoms with Crippen LogP contribution in [0.3, 0.4) is 0 Å². The first-order valence-corrected chi connectivity index (χ1v) is 4.68. The van der Waals surface area contributed by atoms with Gasteiger partial charge in [0.15, 0.2) is 0 Å². The van der Waals surface area contributed by atoms with E-state index in [2.05, 4.69) is 6.58 Å². The largest absolute Gasteiger partial charge is 0.481 e. The molecule has 0 atom stereocenters. The number of hydrogen-bond acceptors (Lipinski definition) is 2. The summed E-state index contributed by atoms with van der Waals surface area (Å²) in [7, 11) is 0. The van der Waals surface area contributed by atoms with Gasteiger partial charge in [-0.2, -0.15) is 0 Å². The summed E-state index contributed by atoms with van der Waals surface area (Å²) in [5.74, 6) is -0.833. The molecule has 0 unspecified atom stereocenters. The van der Waals surface area contributed by atoms with E-state index in [9.17, 15) is 0 Å². The summed E-state index contributed by atoms with van der Waals surface area (Å²) in [5, 5.41) is 15.9. The molecule has 0 radical (unpaired) electrons. The molecule has 0 amide bonds. The van der Waals surface area contributed by atoms with E-state index in [-0.39, 0.29) is 6.61 Å². The molecule has 0 bridgehead atoms. The van der Waals surface area contributed by atoms with Gasteiger partial charge in [-0.25, -0.2) is 0 Å². The standard InChI is InChI=1S/C10H16O.C2H4O2/c1-9(2)5-4-6-10(3)7-8-11;1-2(3)4/h4-5,7,11H,1,6,8H2,2-3H3;1H3,(H,3,4). The molecule has 0 rings (SSSR count). The summed E-state index contributed by atoms with van der Waals surface area (Å²) >= 11 is 0. The monoisotopic (exact) mass is 212 g/mol. The van der Waals surface area contributed by atoms with Gasteiger partial charge in [0.1, 0.15) is 0 Å². The van der Waals surface area contributed by atoms with Crippen molar-refractivity contribution in [2.75, 3.05) is 6.61 Å². The van der Waals surface area contributed by atoms with Crippen molar-refractivity contribution in [2.24, 2.45) is 0 Å². The SMILES string of the molecule is C=C(C)C=CCC(C)=CCO.CC(=O)O. The smallest absolute Gasteiger partial charge is 0.300 e. The maximum Gasteiger partial charge on any atom is 0.300 e. The molecule has 0 spiro atoms. The maximum atomic E-state index is 9.00. The molecule has 0 aliphatic carbocycles. The molecule has 3 nitrogen and oxygen atoms in total. The van der Waals surface area contributed by atoms with Gasteiger partial charge < -0.3 is 10.2 Å². The number of carbonyl (C=O) groups is 1. The topological polar surface area (TPSA) is 57.5 Å². The second-order valence-electron chi connectivity index (χ2n) is 3.20. The van der Waals surface area contributed by atoms with Crippen LogP contribution in [0.4, 0.5) is 0 Å². The van der Waals surface area contributed by atoms with Crippen LogP contribution in [0.1, 0.15) is 27.2 Å². The Kier molecular flexibility index (Phi) is 11.5. The number of carboxylic acid groups (broad SMARTS) is 1. The van der Waals surface area contributed by atoms with Crippen LogP contribution in [0.5, 0.6) is 0 Å². The van der Waals surface area contributed by atoms with Crippen molar-refractivity contribution in [2.45, 2.75) is 27.2 Å². The molecule has 0 aliphatic heterocycles. The summed E-state index contributed by atoms with van der Waals surface area (Å²) in [6.07, 6.45) is 6.73. The molecule has 0 saturated heterocycles. The van der Waals surface area contributed by atoms with E-state index in [1.807, 2.05) is 32.1 Å². The van der Waals surface area contributed by atoms with Crippen LogP contribution in [-0.2, 0) is 4.79 Å². The summed E-state index contributed by atoms with van der Waals surface area (Å²) in [4.78, 5) is 9.00. The fraction of sp³-hybridized carbons (Fsp3) is 0.417. The van der Waals surface area contributed by atoms with Gasteiger partial charge in [0.2, 0.25) is 0 Å². The molecule has 2 N–H and O–H groups in total. The molecule has 0 heterocycles. The highest BCUT2D eigenvalue weighted by molar-refractivity contribution is 5.62. The molecular formula is C12H20O3. The quantitative estimate of drug-likeness (QED) is 0.556. The number of rotatable bonds is 4. The lowest BCUT2D eigenvalue weighted by Crippen LogP contribution is -1.78. The number of aliphatic hydroxyl groups is 1. The third-order valence-electron chi connectivity index (χ3n) is 1.28. The van der Waals surface area contributed by atoms with E-state index in [4.69, 9.17) is 15.0 Å². The van der Waals surface area contributed by atoms with Crippen LogP contribution >= 0.6 is 0 Å². The van der Waals surface area contributed by atoms with Crippen molar-refractivity contribution in [3.05, 3.63) is 36.0 Å². The average Bonchev–Trinajstić information content (AvgIpc) is 2.02. The van der Waals surface area contributed by atoms with Crippen molar-refractivity contribution in [3.8, 4) is 0 Å². The Morgan fingerprint density at radius 3 is 2.13 bits per heavy atom. The van der Waals surface area contributed by atoms with Gasteiger partial charge in [-0.05, 0) is 20.3 Å². The Morgan fingerprint density at radius 1 is 1.33 bits per heavy atom. The van der Waals surface area contributed by atoms with Crippen molar-refractivity contribution < 1.29 is 15.0 Å². The average molecular weight is 212 g/mol. The third kappa shape index (κ3) is 24.5. The first-order valence-electron chi connectivity index (χ1n) is 4.68. The Labute approximate surface area is 91.4 Å². The Bertz CT molecular complexity index is 246. The van der Waals surface area contributed by atoms with Gasteiger partial charge in [-0.1, -0.05) is 36.0 Å². The number of hydrogen-bond donors (Lipinski definition) is 2. The summed E-state index contributed by atoms with van der Waals surface area (Å²) in [6.45, 7) is 8.92. The first kappa shape index (κ1) is 16.1. The second kappa shape index (κ2) is 10.7. The molecule has 3 heteroatoms. The Morgan fingerprint density at radius 2 is 1.80 bits per heavy atom. The molecule has 15 heavy (non-hydrogen) atoms. The van der Waals surface area contributed by atoms with E-state index in [1.165, 1.54) is 5.57 Å². The predicted octanol–water partition coefficient (Wildman–Crippen LogP) is 2.54. The van der Waals surface area contributed by atoms with E-state index >= 15 is 0 Å². The van der Waals surface area contributed by atoms with E-state index in [1.54, 1.807) is 0 Å². The second-order valence-corrected chi connectivity index (χ2v) is 3.20. The van der Waals surface area contributed by atoms with Gasteiger partial charge in [-0.3, -0.25) is 4.79 Å². The molecule has 0 aromatic carbocycles. The number of aliphatic hydroxyl groups excluding tert-OH is 1.